The Morgan fingerprint density at radius 2 is 2.06 bits per heavy atom. The molecule has 0 aliphatic rings. The molecule has 1 aromatic heterocycles. The zero-order chi connectivity index (χ0) is 11.8. The Morgan fingerprint density at radius 1 is 1.31 bits per heavy atom. The van der Waals surface area contributed by atoms with Crippen LogP contribution in [0.3, 0.4) is 0 Å². The van der Waals surface area contributed by atoms with Crippen molar-refractivity contribution >= 4 is 11.0 Å². The van der Waals surface area contributed by atoms with Gasteiger partial charge in [-0.15, -0.1) is 13.2 Å². The van der Waals surface area contributed by atoms with Crippen LogP contribution in [0.5, 0.6) is 11.8 Å². The van der Waals surface area contributed by atoms with Crippen molar-refractivity contribution in [2.75, 3.05) is 7.11 Å². The molecule has 0 bridgehead atoms. The summed E-state index contributed by atoms with van der Waals surface area (Å²) in [6, 6.07) is 4.04. The Morgan fingerprint density at radius 3 is 2.69 bits per heavy atom. The monoisotopic (exact) mass is 232 g/mol. The average molecular weight is 232 g/mol. The molecule has 0 aliphatic carbocycles. The molecular weight excluding hydrogens is 225 g/mol. The van der Waals surface area contributed by atoms with E-state index in [-0.39, 0.29) is 11.8 Å². The molecule has 0 spiro atoms. The molecule has 4 nitrogen and oxygen atoms in total. The predicted molar refractivity (Wildman–Crippen MR) is 49.3 cm³/mol. The highest BCUT2D eigenvalue weighted by Gasteiger charge is 2.31. The minimum absolute atomic E-state index is 0.235. The second kappa shape index (κ2) is 3.58. The molecule has 86 valence electrons. The van der Waals surface area contributed by atoms with Crippen molar-refractivity contribution < 1.29 is 22.6 Å². The first-order chi connectivity index (χ1) is 7.48. The van der Waals surface area contributed by atoms with Crippen molar-refractivity contribution in [2.45, 2.75) is 6.36 Å². The Balaban J connectivity index is 2.36. The van der Waals surface area contributed by atoms with E-state index in [1.165, 1.54) is 25.3 Å². The van der Waals surface area contributed by atoms with Crippen molar-refractivity contribution in [1.29, 1.82) is 0 Å². The average Bonchev–Trinajstić information content (AvgIpc) is 2.57. The number of benzene rings is 1. The second-order valence-corrected chi connectivity index (χ2v) is 2.97. The zero-order valence-corrected chi connectivity index (χ0v) is 8.13. The van der Waals surface area contributed by atoms with E-state index in [1.54, 1.807) is 0 Å². The number of nitrogens with zero attached hydrogens (tertiary/aromatic N) is 1. The SMILES string of the molecule is COc1nc2ccc(OC(F)(F)F)cc2[nH]1. The van der Waals surface area contributed by atoms with Gasteiger partial charge in [-0.25, -0.2) is 0 Å². The van der Waals surface area contributed by atoms with Crippen LogP contribution in [0.25, 0.3) is 11.0 Å². The molecule has 0 radical (unpaired) electrons. The molecule has 1 N–H and O–H groups in total. The molecule has 0 aliphatic heterocycles. The van der Waals surface area contributed by atoms with Crippen molar-refractivity contribution in [3.63, 3.8) is 0 Å². The summed E-state index contributed by atoms with van der Waals surface area (Å²) in [6.07, 6.45) is -4.70. The maximum Gasteiger partial charge on any atom is 0.573 e. The number of methoxy groups -OCH3 is 1. The van der Waals surface area contributed by atoms with E-state index in [1.807, 2.05) is 0 Å². The molecule has 16 heavy (non-hydrogen) atoms. The number of hydrogen-bond acceptors (Lipinski definition) is 3. The van der Waals surface area contributed by atoms with Gasteiger partial charge in [0, 0.05) is 6.07 Å². The number of hydrogen-bond donors (Lipinski definition) is 1. The maximum atomic E-state index is 11.9. The lowest BCUT2D eigenvalue weighted by Gasteiger charge is -2.07. The summed E-state index contributed by atoms with van der Waals surface area (Å²) < 4.78 is 44.4. The third kappa shape index (κ3) is 2.18. The number of imidazole rings is 1. The number of alkyl halides is 3. The summed E-state index contributed by atoms with van der Waals surface area (Å²) in [5, 5.41) is 0. The molecule has 7 heteroatoms. The first-order valence-electron chi connectivity index (χ1n) is 4.27. The summed E-state index contributed by atoms with van der Waals surface area (Å²) in [6.45, 7) is 0. The molecule has 0 amide bonds. The summed E-state index contributed by atoms with van der Waals surface area (Å²) in [5.74, 6) is -0.300. The molecule has 2 rings (SSSR count). The molecule has 0 unspecified atom stereocenters. The van der Waals surface area contributed by atoms with Gasteiger partial charge in [0.1, 0.15) is 5.75 Å². The molecule has 1 aromatic carbocycles. The van der Waals surface area contributed by atoms with E-state index < -0.39 is 6.36 Å². The van der Waals surface area contributed by atoms with Gasteiger partial charge >= 0.3 is 6.36 Å². The predicted octanol–water partition coefficient (Wildman–Crippen LogP) is 2.47. The number of aromatic nitrogens is 2. The number of halogens is 3. The highest BCUT2D eigenvalue weighted by Crippen LogP contribution is 2.26. The lowest BCUT2D eigenvalue weighted by Crippen LogP contribution is -2.16. The maximum absolute atomic E-state index is 11.9. The standard InChI is InChI=1S/C9H7F3N2O2/c1-15-8-13-6-3-2-5(4-7(6)14-8)16-9(10,11)12/h2-4H,1H3,(H,13,14). The van der Waals surface area contributed by atoms with Gasteiger partial charge in [-0.3, -0.25) is 0 Å². The lowest BCUT2D eigenvalue weighted by molar-refractivity contribution is -0.274. The summed E-state index contributed by atoms with van der Waals surface area (Å²) in [7, 11) is 1.41. The fraction of sp³-hybridized carbons (Fsp3) is 0.222. The number of ether oxygens (including phenoxy) is 2. The Hall–Kier alpha value is -1.92. The molecule has 1 heterocycles. The van der Waals surface area contributed by atoms with Crippen LogP contribution in [0, 0.1) is 0 Å². The van der Waals surface area contributed by atoms with Crippen LogP contribution < -0.4 is 9.47 Å². The Bertz CT molecular complexity index is 507. The number of fused-ring (bicyclic) bond motifs is 1. The van der Waals surface area contributed by atoms with Crippen molar-refractivity contribution in [1.82, 2.24) is 9.97 Å². The first-order valence-corrected chi connectivity index (χ1v) is 4.27. The highest BCUT2D eigenvalue weighted by atomic mass is 19.4. The van der Waals surface area contributed by atoms with Crippen LogP contribution in [0.1, 0.15) is 0 Å². The van der Waals surface area contributed by atoms with Gasteiger partial charge in [0.25, 0.3) is 6.01 Å². The van der Waals surface area contributed by atoms with Crippen LogP contribution in [0.2, 0.25) is 0 Å². The minimum atomic E-state index is -4.70. The fourth-order valence-corrected chi connectivity index (χ4v) is 1.26. The van der Waals surface area contributed by atoms with E-state index in [4.69, 9.17) is 4.74 Å². The van der Waals surface area contributed by atoms with Gasteiger partial charge in [-0.2, -0.15) is 4.98 Å². The van der Waals surface area contributed by atoms with Gasteiger partial charge in [0.15, 0.2) is 0 Å². The number of H-pyrrole nitrogens is 1. The molecule has 0 fully saturated rings. The van der Waals surface area contributed by atoms with E-state index in [0.29, 0.717) is 11.0 Å². The highest BCUT2D eigenvalue weighted by molar-refractivity contribution is 5.77. The van der Waals surface area contributed by atoms with Crippen LogP contribution in [-0.4, -0.2) is 23.4 Å². The fourth-order valence-electron chi connectivity index (χ4n) is 1.26. The van der Waals surface area contributed by atoms with Gasteiger partial charge < -0.3 is 14.5 Å². The molecule has 2 aromatic rings. The van der Waals surface area contributed by atoms with Gasteiger partial charge in [-0.1, -0.05) is 0 Å². The van der Waals surface area contributed by atoms with Gasteiger partial charge in [0.2, 0.25) is 0 Å². The third-order valence-corrected chi connectivity index (χ3v) is 1.86. The summed E-state index contributed by atoms with van der Waals surface area (Å²) in [4.78, 5) is 6.64. The van der Waals surface area contributed by atoms with Crippen LogP contribution in [-0.2, 0) is 0 Å². The first kappa shape index (κ1) is 10.6. The smallest absolute Gasteiger partial charge is 0.468 e. The van der Waals surface area contributed by atoms with Crippen LogP contribution >= 0.6 is 0 Å². The van der Waals surface area contributed by atoms with Crippen LogP contribution in [0.4, 0.5) is 13.2 Å². The summed E-state index contributed by atoms with van der Waals surface area (Å²) in [5.41, 5.74) is 0.921. The van der Waals surface area contributed by atoms with E-state index in [9.17, 15) is 13.2 Å². The van der Waals surface area contributed by atoms with Crippen molar-refractivity contribution in [3.05, 3.63) is 18.2 Å². The van der Waals surface area contributed by atoms with E-state index in [2.05, 4.69) is 14.7 Å². The van der Waals surface area contributed by atoms with E-state index in [0.717, 1.165) is 0 Å². The molecule has 0 saturated heterocycles. The third-order valence-electron chi connectivity index (χ3n) is 1.86. The van der Waals surface area contributed by atoms with Crippen LogP contribution in [0.15, 0.2) is 18.2 Å². The largest absolute Gasteiger partial charge is 0.573 e. The second-order valence-electron chi connectivity index (χ2n) is 2.97. The normalized spacial score (nSPS) is 11.8. The van der Waals surface area contributed by atoms with Crippen molar-refractivity contribution in [3.8, 4) is 11.8 Å². The van der Waals surface area contributed by atoms with Gasteiger partial charge in [-0.05, 0) is 12.1 Å². The van der Waals surface area contributed by atoms with E-state index >= 15 is 0 Å². The molecule has 0 atom stereocenters. The topological polar surface area (TPSA) is 47.1 Å². The Kier molecular flexibility index (Phi) is 2.37. The number of aromatic amines is 1. The number of nitrogens with one attached hydrogen (secondary N) is 1. The Labute approximate surface area is 88.0 Å². The van der Waals surface area contributed by atoms with Crippen molar-refractivity contribution in [2.24, 2.45) is 0 Å². The quantitative estimate of drug-likeness (QED) is 0.865. The lowest BCUT2D eigenvalue weighted by atomic mass is 10.3. The summed E-state index contributed by atoms with van der Waals surface area (Å²) >= 11 is 0. The number of rotatable bonds is 2. The minimum Gasteiger partial charge on any atom is -0.468 e. The molecular formula is C9H7F3N2O2. The molecule has 0 saturated carbocycles. The zero-order valence-electron chi connectivity index (χ0n) is 8.13. The van der Waals surface area contributed by atoms with Gasteiger partial charge in [0.05, 0.1) is 18.1 Å².